The molecule has 2 aromatic rings. The minimum atomic E-state index is -0.0140. The van der Waals surface area contributed by atoms with Gasteiger partial charge in [0.1, 0.15) is 5.76 Å². The molecule has 0 aliphatic carbocycles. The lowest BCUT2D eigenvalue weighted by Crippen LogP contribution is -2.52. The SMILES string of the molecule is CCc1ccccc1NC(=O)CN1CCN(C(=O)CN(C)Cc2c(C)noc2C)CC1. The van der Waals surface area contributed by atoms with E-state index in [1.54, 1.807) is 0 Å². The van der Waals surface area contributed by atoms with Crippen molar-refractivity contribution in [2.45, 2.75) is 33.7 Å². The Bertz CT molecular complexity index is 883. The summed E-state index contributed by atoms with van der Waals surface area (Å²) in [5.74, 6) is 0.889. The number of aryl methyl sites for hydroxylation is 3. The predicted molar refractivity (Wildman–Crippen MR) is 120 cm³/mol. The first-order valence-corrected chi connectivity index (χ1v) is 10.9. The summed E-state index contributed by atoms with van der Waals surface area (Å²) in [7, 11) is 1.93. The van der Waals surface area contributed by atoms with E-state index >= 15 is 0 Å². The Kier molecular flexibility index (Phi) is 7.81. The fraction of sp³-hybridized carbons (Fsp3) is 0.522. The van der Waals surface area contributed by atoms with Crippen LogP contribution in [0, 0.1) is 13.8 Å². The average Bonchev–Trinajstić information content (AvgIpc) is 3.06. The van der Waals surface area contributed by atoms with Crippen LogP contribution < -0.4 is 5.32 Å². The van der Waals surface area contributed by atoms with Crippen molar-refractivity contribution in [1.29, 1.82) is 0 Å². The van der Waals surface area contributed by atoms with Gasteiger partial charge in [-0.25, -0.2) is 0 Å². The van der Waals surface area contributed by atoms with Crippen molar-refractivity contribution in [2.24, 2.45) is 0 Å². The Balaban J connectivity index is 1.42. The number of amides is 2. The second kappa shape index (κ2) is 10.5. The zero-order chi connectivity index (χ0) is 22.4. The van der Waals surface area contributed by atoms with Gasteiger partial charge in [0, 0.05) is 44.0 Å². The number of para-hydroxylation sites is 1. The highest BCUT2D eigenvalue weighted by atomic mass is 16.5. The van der Waals surface area contributed by atoms with Crippen molar-refractivity contribution in [1.82, 2.24) is 19.9 Å². The number of benzene rings is 1. The van der Waals surface area contributed by atoms with E-state index in [4.69, 9.17) is 4.52 Å². The van der Waals surface area contributed by atoms with Gasteiger partial charge in [-0.3, -0.25) is 19.4 Å². The number of piperazine rings is 1. The van der Waals surface area contributed by atoms with Crippen molar-refractivity contribution < 1.29 is 14.1 Å². The highest BCUT2D eigenvalue weighted by Gasteiger charge is 2.24. The Morgan fingerprint density at radius 3 is 2.52 bits per heavy atom. The van der Waals surface area contributed by atoms with Crippen LogP contribution in [-0.2, 0) is 22.6 Å². The van der Waals surface area contributed by atoms with Crippen LogP contribution in [0.15, 0.2) is 28.8 Å². The van der Waals surface area contributed by atoms with Crippen molar-refractivity contribution in [3.8, 4) is 0 Å². The van der Waals surface area contributed by atoms with Gasteiger partial charge < -0.3 is 14.7 Å². The number of likely N-dealkylation sites (N-methyl/N-ethyl adjacent to an activating group) is 1. The topological polar surface area (TPSA) is 81.9 Å². The highest BCUT2D eigenvalue weighted by molar-refractivity contribution is 5.93. The lowest BCUT2D eigenvalue weighted by atomic mass is 10.1. The minimum Gasteiger partial charge on any atom is -0.361 e. The largest absolute Gasteiger partial charge is 0.361 e. The van der Waals surface area contributed by atoms with E-state index in [0.29, 0.717) is 45.8 Å². The lowest BCUT2D eigenvalue weighted by molar-refractivity contribution is -0.134. The molecular formula is C23H33N5O3. The molecule has 168 valence electrons. The summed E-state index contributed by atoms with van der Waals surface area (Å²) in [4.78, 5) is 31.1. The average molecular weight is 428 g/mol. The number of hydrogen-bond acceptors (Lipinski definition) is 6. The maximum atomic E-state index is 12.7. The summed E-state index contributed by atoms with van der Waals surface area (Å²) >= 11 is 0. The van der Waals surface area contributed by atoms with E-state index < -0.39 is 0 Å². The van der Waals surface area contributed by atoms with Gasteiger partial charge >= 0.3 is 0 Å². The first-order chi connectivity index (χ1) is 14.9. The molecule has 3 rings (SSSR count). The van der Waals surface area contributed by atoms with E-state index in [0.717, 1.165) is 34.7 Å². The highest BCUT2D eigenvalue weighted by Crippen LogP contribution is 2.16. The molecule has 1 aliphatic rings. The summed E-state index contributed by atoms with van der Waals surface area (Å²) < 4.78 is 5.20. The monoisotopic (exact) mass is 427 g/mol. The van der Waals surface area contributed by atoms with E-state index in [-0.39, 0.29) is 11.8 Å². The quantitative estimate of drug-likeness (QED) is 0.695. The second-order valence-corrected chi connectivity index (χ2v) is 8.19. The molecule has 0 saturated carbocycles. The minimum absolute atomic E-state index is 0.0140. The second-order valence-electron chi connectivity index (χ2n) is 8.19. The van der Waals surface area contributed by atoms with Gasteiger partial charge in [0.15, 0.2) is 0 Å². The number of nitrogens with zero attached hydrogens (tertiary/aromatic N) is 4. The van der Waals surface area contributed by atoms with Gasteiger partial charge in [-0.1, -0.05) is 30.3 Å². The number of aromatic nitrogens is 1. The standard InChI is InChI=1S/C23H33N5O3/c1-5-19-8-6-7-9-21(19)24-22(29)15-27-10-12-28(13-11-27)23(30)16-26(4)14-20-17(2)25-31-18(20)3/h6-9H,5,10-16H2,1-4H3,(H,24,29). The van der Waals surface area contributed by atoms with E-state index in [1.165, 1.54) is 0 Å². The number of rotatable bonds is 8. The first kappa shape index (κ1) is 23.0. The summed E-state index contributed by atoms with van der Waals surface area (Å²) in [6.45, 7) is 9.86. The summed E-state index contributed by atoms with van der Waals surface area (Å²) in [6.07, 6.45) is 0.877. The van der Waals surface area contributed by atoms with Crippen LogP contribution in [0.5, 0.6) is 0 Å². The molecule has 0 radical (unpaired) electrons. The maximum absolute atomic E-state index is 12.7. The summed E-state index contributed by atoms with van der Waals surface area (Å²) in [5.41, 5.74) is 3.91. The van der Waals surface area contributed by atoms with Crippen LogP contribution in [0.1, 0.15) is 29.5 Å². The van der Waals surface area contributed by atoms with Gasteiger partial charge in [0.05, 0.1) is 18.8 Å². The van der Waals surface area contributed by atoms with E-state index in [2.05, 4.69) is 22.3 Å². The van der Waals surface area contributed by atoms with Crippen LogP contribution in [0.4, 0.5) is 5.69 Å². The molecule has 1 aromatic heterocycles. The number of hydrogen-bond donors (Lipinski definition) is 1. The molecule has 0 bridgehead atoms. The molecule has 1 aromatic carbocycles. The lowest BCUT2D eigenvalue weighted by Gasteiger charge is -2.35. The molecule has 0 unspecified atom stereocenters. The molecule has 2 amide bonds. The van der Waals surface area contributed by atoms with Gasteiger partial charge in [-0.15, -0.1) is 0 Å². The summed E-state index contributed by atoms with van der Waals surface area (Å²) in [6, 6.07) is 7.88. The zero-order valence-electron chi connectivity index (χ0n) is 19.0. The van der Waals surface area contributed by atoms with Gasteiger partial charge in [0.2, 0.25) is 11.8 Å². The van der Waals surface area contributed by atoms with Crippen molar-refractivity contribution in [2.75, 3.05) is 51.6 Å². The molecular weight excluding hydrogens is 394 g/mol. The Morgan fingerprint density at radius 1 is 1.16 bits per heavy atom. The molecule has 1 N–H and O–H groups in total. The Morgan fingerprint density at radius 2 is 1.87 bits per heavy atom. The van der Waals surface area contributed by atoms with E-state index in [1.807, 2.05) is 55.0 Å². The fourth-order valence-corrected chi connectivity index (χ4v) is 3.88. The number of carbonyl (C=O) groups excluding carboxylic acids is 2. The number of nitrogens with one attached hydrogen (secondary N) is 1. The van der Waals surface area contributed by atoms with E-state index in [9.17, 15) is 9.59 Å². The molecule has 0 spiro atoms. The zero-order valence-corrected chi connectivity index (χ0v) is 19.0. The third kappa shape index (κ3) is 6.15. The number of anilines is 1. The first-order valence-electron chi connectivity index (χ1n) is 10.9. The molecule has 8 heteroatoms. The molecule has 1 fully saturated rings. The van der Waals surface area contributed by atoms with Crippen LogP contribution in [0.3, 0.4) is 0 Å². The Labute approximate surface area is 184 Å². The Hall–Kier alpha value is -2.71. The van der Waals surface area contributed by atoms with Gasteiger partial charge in [0.25, 0.3) is 0 Å². The van der Waals surface area contributed by atoms with Crippen LogP contribution in [0.25, 0.3) is 0 Å². The predicted octanol–water partition coefficient (Wildman–Crippen LogP) is 2.07. The molecule has 1 aliphatic heterocycles. The fourth-order valence-electron chi connectivity index (χ4n) is 3.88. The van der Waals surface area contributed by atoms with Crippen LogP contribution in [-0.4, -0.2) is 78.0 Å². The van der Waals surface area contributed by atoms with Crippen molar-refractivity contribution >= 4 is 17.5 Å². The molecule has 8 nitrogen and oxygen atoms in total. The summed E-state index contributed by atoms with van der Waals surface area (Å²) in [5, 5.41) is 6.99. The van der Waals surface area contributed by atoms with Crippen LogP contribution in [0.2, 0.25) is 0 Å². The molecule has 0 atom stereocenters. The smallest absolute Gasteiger partial charge is 0.238 e. The van der Waals surface area contributed by atoms with Gasteiger partial charge in [-0.2, -0.15) is 0 Å². The van der Waals surface area contributed by atoms with Crippen LogP contribution >= 0.6 is 0 Å². The maximum Gasteiger partial charge on any atom is 0.238 e. The van der Waals surface area contributed by atoms with Crippen molar-refractivity contribution in [3.63, 3.8) is 0 Å². The number of carbonyl (C=O) groups is 2. The third-order valence-corrected chi connectivity index (χ3v) is 5.78. The molecule has 31 heavy (non-hydrogen) atoms. The third-order valence-electron chi connectivity index (χ3n) is 5.78. The van der Waals surface area contributed by atoms with Gasteiger partial charge in [-0.05, 0) is 38.9 Å². The van der Waals surface area contributed by atoms with Crippen molar-refractivity contribution in [3.05, 3.63) is 46.8 Å². The normalized spacial score (nSPS) is 14.8. The molecule has 1 saturated heterocycles. The molecule has 2 heterocycles.